The summed E-state index contributed by atoms with van der Waals surface area (Å²) in [6, 6.07) is 9.65. The first-order chi connectivity index (χ1) is 14.3. The van der Waals surface area contributed by atoms with Crippen LogP contribution in [0.5, 0.6) is 11.5 Å². The zero-order valence-electron chi connectivity index (χ0n) is 17.3. The topological polar surface area (TPSA) is 77.2 Å². The van der Waals surface area contributed by atoms with Gasteiger partial charge in [-0.2, -0.15) is 0 Å². The highest BCUT2D eigenvalue weighted by molar-refractivity contribution is 5.79. The van der Waals surface area contributed by atoms with Gasteiger partial charge in [-0.05, 0) is 43.5 Å². The number of hydrogen-bond acceptors (Lipinski definition) is 5. The van der Waals surface area contributed by atoms with Gasteiger partial charge in [-0.15, -0.1) is 0 Å². The molecule has 0 radical (unpaired) electrons. The minimum atomic E-state index is 0.233. The van der Waals surface area contributed by atoms with Crippen LogP contribution in [0, 0.1) is 0 Å². The maximum Gasteiger partial charge on any atom is 0.191 e. The summed E-state index contributed by atoms with van der Waals surface area (Å²) in [6.07, 6.45) is 6.16. The second kappa shape index (κ2) is 11.4. The van der Waals surface area contributed by atoms with Crippen LogP contribution in [-0.2, 0) is 17.7 Å². The van der Waals surface area contributed by atoms with Gasteiger partial charge in [-0.25, -0.2) is 4.99 Å². The average molecular weight is 402 g/mol. The van der Waals surface area contributed by atoms with Crippen molar-refractivity contribution < 1.29 is 18.6 Å². The Balaban J connectivity index is 1.61. The second-order valence-electron chi connectivity index (χ2n) is 6.97. The van der Waals surface area contributed by atoms with Crippen molar-refractivity contribution in [2.24, 2.45) is 4.99 Å². The summed E-state index contributed by atoms with van der Waals surface area (Å²) in [6.45, 7) is 2.81. The lowest BCUT2D eigenvalue weighted by Gasteiger charge is -2.24. The van der Waals surface area contributed by atoms with Gasteiger partial charge in [0.1, 0.15) is 17.3 Å². The molecule has 0 spiro atoms. The Morgan fingerprint density at radius 3 is 2.83 bits per heavy atom. The quantitative estimate of drug-likeness (QED) is 0.497. The maximum absolute atomic E-state index is 5.82. The molecule has 2 heterocycles. The lowest BCUT2D eigenvalue weighted by molar-refractivity contribution is 0.0194. The van der Waals surface area contributed by atoms with Crippen molar-refractivity contribution in [2.75, 3.05) is 33.9 Å². The zero-order chi connectivity index (χ0) is 20.3. The summed E-state index contributed by atoms with van der Waals surface area (Å²) >= 11 is 0. The molecule has 1 aliphatic heterocycles. The number of aliphatic imine (C=N–C) groups is 1. The normalized spacial score (nSPS) is 17.0. The number of nitrogens with one attached hydrogen (secondary N) is 2. The Bertz CT molecular complexity index is 755. The number of guanidine groups is 1. The van der Waals surface area contributed by atoms with E-state index in [-0.39, 0.29) is 6.10 Å². The second-order valence-corrected chi connectivity index (χ2v) is 6.97. The van der Waals surface area contributed by atoms with Crippen molar-refractivity contribution >= 4 is 5.96 Å². The van der Waals surface area contributed by atoms with Crippen molar-refractivity contribution in [3.63, 3.8) is 0 Å². The highest BCUT2D eigenvalue weighted by Crippen LogP contribution is 2.25. The molecule has 2 aromatic rings. The SMILES string of the molecule is COc1ccc(CN=C(NCCc2ccco2)NCC2CCCCO2)c(OC)c1. The van der Waals surface area contributed by atoms with E-state index in [0.717, 1.165) is 67.7 Å². The molecule has 1 aromatic heterocycles. The average Bonchev–Trinajstić information content (AvgIpc) is 3.29. The Hall–Kier alpha value is -2.67. The summed E-state index contributed by atoms with van der Waals surface area (Å²) in [4.78, 5) is 4.75. The highest BCUT2D eigenvalue weighted by atomic mass is 16.5. The first kappa shape index (κ1) is 21.0. The Labute approximate surface area is 172 Å². The predicted octanol–water partition coefficient (Wildman–Crippen LogP) is 3.14. The van der Waals surface area contributed by atoms with Crippen LogP contribution in [0.4, 0.5) is 0 Å². The minimum Gasteiger partial charge on any atom is -0.497 e. The third kappa shape index (κ3) is 6.71. The third-order valence-corrected chi connectivity index (χ3v) is 4.92. The zero-order valence-corrected chi connectivity index (χ0v) is 17.3. The number of hydrogen-bond donors (Lipinski definition) is 2. The van der Waals surface area contributed by atoms with Crippen LogP contribution in [0.2, 0.25) is 0 Å². The predicted molar refractivity (Wildman–Crippen MR) is 113 cm³/mol. The number of methoxy groups -OCH3 is 2. The van der Waals surface area contributed by atoms with E-state index in [0.29, 0.717) is 6.54 Å². The van der Waals surface area contributed by atoms with E-state index in [2.05, 4.69) is 10.6 Å². The van der Waals surface area contributed by atoms with Crippen LogP contribution < -0.4 is 20.1 Å². The fraction of sp³-hybridized carbons (Fsp3) is 0.500. The van der Waals surface area contributed by atoms with Crippen molar-refractivity contribution in [3.05, 3.63) is 47.9 Å². The number of benzene rings is 1. The Morgan fingerprint density at radius 2 is 2.10 bits per heavy atom. The Kier molecular flexibility index (Phi) is 8.25. The molecule has 0 bridgehead atoms. The molecule has 1 fully saturated rings. The van der Waals surface area contributed by atoms with Crippen molar-refractivity contribution in [1.82, 2.24) is 10.6 Å². The minimum absolute atomic E-state index is 0.233. The largest absolute Gasteiger partial charge is 0.497 e. The standard InChI is InChI=1S/C22H31N3O4/c1-26-19-9-8-17(21(14-19)27-2)15-24-22(23-11-10-18-7-5-13-28-18)25-16-20-6-3-4-12-29-20/h5,7-9,13-14,20H,3-4,6,10-12,15-16H2,1-2H3,(H2,23,24,25). The molecular formula is C22H31N3O4. The summed E-state index contributed by atoms with van der Waals surface area (Å²) < 4.78 is 22.0. The molecular weight excluding hydrogens is 370 g/mol. The highest BCUT2D eigenvalue weighted by Gasteiger charge is 2.14. The van der Waals surface area contributed by atoms with Crippen LogP contribution >= 0.6 is 0 Å². The Morgan fingerprint density at radius 1 is 1.17 bits per heavy atom. The summed E-state index contributed by atoms with van der Waals surface area (Å²) in [5.41, 5.74) is 0.995. The molecule has 3 rings (SSSR count). The van der Waals surface area contributed by atoms with E-state index >= 15 is 0 Å². The van der Waals surface area contributed by atoms with Crippen LogP contribution in [0.1, 0.15) is 30.6 Å². The first-order valence-corrected chi connectivity index (χ1v) is 10.2. The lowest BCUT2D eigenvalue weighted by atomic mass is 10.1. The van der Waals surface area contributed by atoms with Gasteiger partial charge in [0.15, 0.2) is 5.96 Å². The molecule has 0 amide bonds. The molecule has 0 aliphatic carbocycles. The number of rotatable bonds is 9. The van der Waals surface area contributed by atoms with Gasteiger partial charge in [0.05, 0.1) is 33.1 Å². The van der Waals surface area contributed by atoms with Crippen LogP contribution in [0.25, 0.3) is 0 Å². The molecule has 158 valence electrons. The van der Waals surface area contributed by atoms with Gasteiger partial charge >= 0.3 is 0 Å². The molecule has 1 aliphatic rings. The molecule has 7 heteroatoms. The number of ether oxygens (including phenoxy) is 3. The first-order valence-electron chi connectivity index (χ1n) is 10.2. The van der Waals surface area contributed by atoms with Gasteiger partial charge in [0.2, 0.25) is 0 Å². The van der Waals surface area contributed by atoms with Gasteiger partial charge in [0.25, 0.3) is 0 Å². The van der Waals surface area contributed by atoms with Gasteiger partial charge in [-0.1, -0.05) is 0 Å². The smallest absolute Gasteiger partial charge is 0.191 e. The molecule has 0 saturated carbocycles. The number of nitrogens with zero attached hydrogens (tertiary/aromatic N) is 1. The van der Waals surface area contributed by atoms with Gasteiger partial charge in [0, 0.05) is 37.7 Å². The molecule has 1 saturated heterocycles. The van der Waals surface area contributed by atoms with Crippen LogP contribution in [0.15, 0.2) is 46.0 Å². The molecule has 1 unspecified atom stereocenters. The summed E-state index contributed by atoms with van der Waals surface area (Å²) in [5.74, 6) is 3.23. The van der Waals surface area contributed by atoms with E-state index in [1.165, 1.54) is 6.42 Å². The van der Waals surface area contributed by atoms with Crippen molar-refractivity contribution in [1.29, 1.82) is 0 Å². The monoisotopic (exact) mass is 401 g/mol. The number of furan rings is 1. The third-order valence-electron chi connectivity index (χ3n) is 4.92. The van der Waals surface area contributed by atoms with Gasteiger partial charge < -0.3 is 29.3 Å². The maximum atomic E-state index is 5.82. The molecule has 1 aromatic carbocycles. The van der Waals surface area contributed by atoms with Crippen molar-refractivity contribution in [3.8, 4) is 11.5 Å². The fourth-order valence-electron chi connectivity index (χ4n) is 3.26. The summed E-state index contributed by atoms with van der Waals surface area (Å²) in [7, 11) is 3.30. The van der Waals surface area contributed by atoms with Crippen molar-refractivity contribution in [2.45, 2.75) is 38.3 Å². The van der Waals surface area contributed by atoms with E-state index in [4.69, 9.17) is 23.6 Å². The lowest BCUT2D eigenvalue weighted by Crippen LogP contribution is -2.43. The van der Waals surface area contributed by atoms with Crippen LogP contribution in [-0.4, -0.2) is 46.0 Å². The van der Waals surface area contributed by atoms with E-state index < -0.39 is 0 Å². The summed E-state index contributed by atoms with van der Waals surface area (Å²) in [5, 5.41) is 6.80. The van der Waals surface area contributed by atoms with E-state index in [1.54, 1.807) is 20.5 Å². The van der Waals surface area contributed by atoms with Gasteiger partial charge in [-0.3, -0.25) is 0 Å². The fourth-order valence-corrected chi connectivity index (χ4v) is 3.26. The molecule has 7 nitrogen and oxygen atoms in total. The van der Waals surface area contributed by atoms with E-state index in [1.807, 2.05) is 30.3 Å². The van der Waals surface area contributed by atoms with E-state index in [9.17, 15) is 0 Å². The molecule has 29 heavy (non-hydrogen) atoms. The molecule has 2 N–H and O–H groups in total. The van der Waals surface area contributed by atoms with Crippen LogP contribution in [0.3, 0.4) is 0 Å². The molecule has 1 atom stereocenters.